The van der Waals surface area contributed by atoms with Crippen LogP contribution in [0.3, 0.4) is 0 Å². The minimum Gasteiger partial charge on any atom is -0.398 e. The lowest BCUT2D eigenvalue weighted by atomic mass is 10.2. The number of methoxy groups -OCH3 is 1. The third kappa shape index (κ3) is 4.22. The molecular formula is C12H18N2O4S. The van der Waals surface area contributed by atoms with E-state index in [1.54, 1.807) is 19.1 Å². The number of rotatable bonds is 6. The lowest BCUT2D eigenvalue weighted by Gasteiger charge is -2.09. The Balaban J connectivity index is 2.81. The maximum absolute atomic E-state index is 12.1. The minimum atomic E-state index is -3.68. The molecular weight excluding hydrogens is 268 g/mol. The van der Waals surface area contributed by atoms with Gasteiger partial charge in [-0.3, -0.25) is 4.79 Å². The zero-order valence-corrected chi connectivity index (χ0v) is 11.8. The third-order valence-electron chi connectivity index (χ3n) is 2.61. The molecule has 0 saturated carbocycles. The Kier molecular flexibility index (Phi) is 5.31. The van der Waals surface area contributed by atoms with Gasteiger partial charge in [-0.2, -0.15) is 0 Å². The van der Waals surface area contributed by atoms with E-state index in [-0.39, 0.29) is 11.4 Å². The van der Waals surface area contributed by atoms with Gasteiger partial charge in [0.25, 0.3) is 0 Å². The van der Waals surface area contributed by atoms with Gasteiger partial charge in [-0.25, -0.2) is 8.42 Å². The number of carbonyl (C=O) groups excluding carboxylic acids is 1. The molecule has 0 aromatic heterocycles. The number of sulfone groups is 1. The van der Waals surface area contributed by atoms with Crippen LogP contribution in [0.25, 0.3) is 0 Å². The van der Waals surface area contributed by atoms with Crippen molar-refractivity contribution in [2.24, 2.45) is 0 Å². The fraction of sp³-hybridized carbons (Fsp3) is 0.417. The van der Waals surface area contributed by atoms with Crippen molar-refractivity contribution in [1.82, 2.24) is 5.32 Å². The predicted octanol–water partition coefficient (Wildman–Crippen LogP) is 0.114. The molecule has 1 amide bonds. The van der Waals surface area contributed by atoms with Gasteiger partial charge in [-0.15, -0.1) is 0 Å². The van der Waals surface area contributed by atoms with E-state index in [0.29, 0.717) is 17.9 Å². The number of ether oxygens (including phenoxy) is 1. The van der Waals surface area contributed by atoms with Crippen LogP contribution in [0.4, 0.5) is 5.69 Å². The van der Waals surface area contributed by atoms with Gasteiger partial charge in [-0.1, -0.05) is 6.07 Å². The van der Waals surface area contributed by atoms with Crippen LogP contribution in [0.5, 0.6) is 0 Å². The Morgan fingerprint density at radius 2 is 2.11 bits per heavy atom. The molecule has 0 spiro atoms. The van der Waals surface area contributed by atoms with Crippen LogP contribution in [0.2, 0.25) is 0 Å². The second-order valence-electron chi connectivity index (χ2n) is 4.07. The number of amides is 1. The fourth-order valence-corrected chi connectivity index (χ4v) is 3.04. The molecule has 0 atom stereocenters. The van der Waals surface area contributed by atoms with Crippen LogP contribution in [0, 0.1) is 6.92 Å². The molecule has 3 N–H and O–H groups in total. The zero-order chi connectivity index (χ0) is 14.5. The van der Waals surface area contributed by atoms with Crippen molar-refractivity contribution in [2.45, 2.75) is 11.8 Å². The zero-order valence-electron chi connectivity index (χ0n) is 11.0. The lowest BCUT2D eigenvalue weighted by molar-refractivity contribution is -0.118. The van der Waals surface area contributed by atoms with Crippen LogP contribution in [0.1, 0.15) is 5.56 Å². The molecule has 0 bridgehead atoms. The predicted molar refractivity (Wildman–Crippen MR) is 72.5 cm³/mol. The van der Waals surface area contributed by atoms with Crippen molar-refractivity contribution >= 4 is 21.4 Å². The molecule has 106 valence electrons. The highest BCUT2D eigenvalue weighted by atomic mass is 32.2. The number of nitrogens with one attached hydrogen (secondary N) is 1. The summed E-state index contributed by atoms with van der Waals surface area (Å²) < 4.78 is 29.0. The van der Waals surface area contributed by atoms with Gasteiger partial charge in [0.2, 0.25) is 5.91 Å². The Hall–Kier alpha value is -1.60. The number of anilines is 1. The number of nitrogens with two attached hydrogens (primary N) is 1. The van der Waals surface area contributed by atoms with Gasteiger partial charge in [0, 0.05) is 19.3 Å². The molecule has 0 aliphatic rings. The van der Waals surface area contributed by atoms with Gasteiger partial charge in [0.15, 0.2) is 9.84 Å². The quantitative estimate of drug-likeness (QED) is 0.571. The number of hydrogen-bond acceptors (Lipinski definition) is 5. The van der Waals surface area contributed by atoms with Crippen LogP contribution in [-0.4, -0.2) is 40.3 Å². The summed E-state index contributed by atoms with van der Waals surface area (Å²) in [5, 5.41) is 2.47. The summed E-state index contributed by atoms with van der Waals surface area (Å²) >= 11 is 0. The fourth-order valence-electron chi connectivity index (χ4n) is 1.56. The van der Waals surface area contributed by atoms with E-state index in [4.69, 9.17) is 10.5 Å². The summed E-state index contributed by atoms with van der Waals surface area (Å²) in [6.45, 7) is 2.23. The molecule has 0 aliphatic carbocycles. The molecule has 19 heavy (non-hydrogen) atoms. The highest BCUT2D eigenvalue weighted by Crippen LogP contribution is 2.21. The molecule has 0 unspecified atom stereocenters. The smallest absolute Gasteiger partial charge is 0.235 e. The molecule has 0 fully saturated rings. The maximum atomic E-state index is 12.1. The van der Waals surface area contributed by atoms with E-state index >= 15 is 0 Å². The molecule has 1 aromatic carbocycles. The van der Waals surface area contributed by atoms with E-state index < -0.39 is 21.5 Å². The lowest BCUT2D eigenvalue weighted by Crippen LogP contribution is -2.32. The maximum Gasteiger partial charge on any atom is 0.235 e. The SMILES string of the molecule is COCCNC(=O)CS(=O)(=O)c1cccc(N)c1C. The van der Waals surface area contributed by atoms with Crippen LogP contribution in [0.15, 0.2) is 23.1 Å². The van der Waals surface area contributed by atoms with Gasteiger partial charge >= 0.3 is 0 Å². The summed E-state index contributed by atoms with van der Waals surface area (Å²) in [5.74, 6) is -1.15. The van der Waals surface area contributed by atoms with Crippen molar-refractivity contribution < 1.29 is 17.9 Å². The average Bonchev–Trinajstić information content (AvgIpc) is 2.32. The monoisotopic (exact) mass is 286 g/mol. The molecule has 1 rings (SSSR count). The van der Waals surface area contributed by atoms with Crippen molar-refractivity contribution in [2.75, 3.05) is 31.7 Å². The highest BCUT2D eigenvalue weighted by Gasteiger charge is 2.21. The normalized spacial score (nSPS) is 11.3. The third-order valence-corrected chi connectivity index (χ3v) is 4.37. The van der Waals surface area contributed by atoms with Gasteiger partial charge in [0.1, 0.15) is 5.75 Å². The Morgan fingerprint density at radius 1 is 1.42 bits per heavy atom. The Morgan fingerprint density at radius 3 is 2.74 bits per heavy atom. The number of carbonyl (C=O) groups is 1. The second-order valence-corrected chi connectivity index (χ2v) is 6.03. The van der Waals surface area contributed by atoms with Gasteiger partial charge in [-0.05, 0) is 24.6 Å². The number of benzene rings is 1. The van der Waals surface area contributed by atoms with Crippen LogP contribution < -0.4 is 11.1 Å². The van der Waals surface area contributed by atoms with E-state index in [1.807, 2.05) is 0 Å². The Labute approximate surface area is 112 Å². The molecule has 7 heteroatoms. The van der Waals surface area contributed by atoms with Crippen LogP contribution in [-0.2, 0) is 19.4 Å². The second kappa shape index (κ2) is 6.53. The molecule has 0 saturated heterocycles. The minimum absolute atomic E-state index is 0.0920. The average molecular weight is 286 g/mol. The van der Waals surface area contributed by atoms with Crippen molar-refractivity contribution in [3.05, 3.63) is 23.8 Å². The summed E-state index contributed by atoms with van der Waals surface area (Å²) in [7, 11) is -2.18. The Bertz CT molecular complexity index is 555. The summed E-state index contributed by atoms with van der Waals surface area (Å²) in [6, 6.07) is 4.62. The van der Waals surface area contributed by atoms with Gasteiger partial charge in [0.05, 0.1) is 11.5 Å². The largest absolute Gasteiger partial charge is 0.398 e. The first-order valence-corrected chi connectivity index (χ1v) is 7.37. The number of hydrogen-bond donors (Lipinski definition) is 2. The molecule has 0 aliphatic heterocycles. The first-order valence-electron chi connectivity index (χ1n) is 5.72. The summed E-state index contributed by atoms with van der Waals surface area (Å²) in [6.07, 6.45) is 0. The van der Waals surface area contributed by atoms with Crippen molar-refractivity contribution in [3.63, 3.8) is 0 Å². The molecule has 0 radical (unpaired) electrons. The van der Waals surface area contributed by atoms with E-state index in [2.05, 4.69) is 5.32 Å². The first kappa shape index (κ1) is 15.5. The molecule has 0 heterocycles. The summed E-state index contributed by atoms with van der Waals surface area (Å²) in [4.78, 5) is 11.6. The van der Waals surface area contributed by atoms with Crippen molar-refractivity contribution in [3.8, 4) is 0 Å². The first-order chi connectivity index (χ1) is 8.88. The number of nitrogen functional groups attached to an aromatic ring is 1. The van der Waals surface area contributed by atoms with E-state index in [0.717, 1.165) is 0 Å². The molecule has 1 aromatic rings. The van der Waals surface area contributed by atoms with Gasteiger partial charge < -0.3 is 15.8 Å². The molecule has 6 nitrogen and oxygen atoms in total. The van der Waals surface area contributed by atoms with Crippen molar-refractivity contribution in [1.29, 1.82) is 0 Å². The van der Waals surface area contributed by atoms with E-state index in [9.17, 15) is 13.2 Å². The standard InChI is InChI=1S/C12H18N2O4S/c1-9-10(13)4-3-5-11(9)19(16,17)8-12(15)14-6-7-18-2/h3-5H,6-8,13H2,1-2H3,(H,14,15). The summed E-state index contributed by atoms with van der Waals surface area (Å²) in [5.41, 5.74) is 6.52. The highest BCUT2D eigenvalue weighted by molar-refractivity contribution is 7.92. The topological polar surface area (TPSA) is 98.5 Å². The van der Waals surface area contributed by atoms with E-state index in [1.165, 1.54) is 13.2 Å². The van der Waals surface area contributed by atoms with Crippen LogP contribution >= 0.6 is 0 Å².